The van der Waals surface area contributed by atoms with Crippen LogP contribution in [0, 0.1) is 50.2 Å². The fourth-order valence-corrected chi connectivity index (χ4v) is 16.0. The van der Waals surface area contributed by atoms with Crippen LogP contribution < -0.4 is 0 Å². The molecule has 10 N–H and O–H groups in total. The highest BCUT2D eigenvalue weighted by atomic mass is 16.8. The first-order chi connectivity index (χ1) is 30.4. The fourth-order valence-electron chi connectivity index (χ4n) is 16.0. The third-order valence-corrected chi connectivity index (χ3v) is 20.1. The highest BCUT2D eigenvalue weighted by Gasteiger charge is 2.83. The molecule has 18 nitrogen and oxygen atoms in total. The molecule has 65 heavy (non-hydrogen) atoms. The van der Waals surface area contributed by atoms with E-state index in [4.69, 9.17) is 33.2 Å². The maximum atomic E-state index is 14.1. The number of carbonyl (C=O) groups is 1. The molecule has 4 heterocycles. The third-order valence-electron chi connectivity index (χ3n) is 20.1. The number of ether oxygens (including phenoxy) is 7. The van der Waals surface area contributed by atoms with Crippen molar-refractivity contribution in [2.75, 3.05) is 19.8 Å². The Hall–Kier alpha value is -1.17. The smallest absolute Gasteiger partial charge is 0.313 e. The van der Waals surface area contributed by atoms with Crippen LogP contribution in [0.2, 0.25) is 0 Å². The lowest BCUT2D eigenvalue weighted by atomic mass is 9.30. The highest BCUT2D eigenvalue weighted by Crippen LogP contribution is 2.81. The number of hydrogen-bond acceptors (Lipinski definition) is 18. The summed E-state index contributed by atoms with van der Waals surface area (Å²) in [6.45, 7) is 13.6. The molecule has 18 heteroatoms. The van der Waals surface area contributed by atoms with Crippen molar-refractivity contribution in [2.45, 2.75) is 216 Å². The number of rotatable bonds is 8. The van der Waals surface area contributed by atoms with E-state index in [1.54, 1.807) is 0 Å². The molecule has 9 aliphatic rings. The lowest BCUT2D eigenvalue weighted by Gasteiger charge is -2.74. The average molecular weight is 929 g/mol. The predicted molar refractivity (Wildman–Crippen MR) is 224 cm³/mol. The van der Waals surface area contributed by atoms with Gasteiger partial charge in [0.05, 0.1) is 43.5 Å². The zero-order valence-electron chi connectivity index (χ0n) is 38.9. The Morgan fingerprint density at radius 3 is 2.00 bits per heavy atom. The largest absolute Gasteiger partial charge is 0.455 e. The predicted octanol–water partition coefficient (Wildman–Crippen LogP) is -0.00920. The second-order valence-electron chi connectivity index (χ2n) is 23.6. The van der Waals surface area contributed by atoms with Crippen LogP contribution in [-0.2, 0) is 38.0 Å². The number of hydrogen-bond donors (Lipinski definition) is 10. The third kappa shape index (κ3) is 6.81. The Balaban J connectivity index is 0.984. The normalized spacial score (nSPS) is 58.5. The van der Waals surface area contributed by atoms with Gasteiger partial charge in [-0.1, -0.05) is 41.5 Å². The van der Waals surface area contributed by atoms with Crippen LogP contribution >= 0.6 is 0 Å². The van der Waals surface area contributed by atoms with Gasteiger partial charge < -0.3 is 84.2 Å². The minimum absolute atomic E-state index is 0.00692. The Labute approximate surface area is 380 Å². The van der Waals surface area contributed by atoms with Gasteiger partial charge in [-0.05, 0) is 99.2 Å². The molecular formula is C47H76O18. The summed E-state index contributed by atoms with van der Waals surface area (Å²) in [5, 5.41) is 110. The monoisotopic (exact) mass is 929 g/mol. The first kappa shape index (κ1) is 48.8. The van der Waals surface area contributed by atoms with Crippen LogP contribution in [-0.4, -0.2) is 181 Å². The van der Waals surface area contributed by atoms with Gasteiger partial charge in [0.25, 0.3) is 0 Å². The molecule has 4 saturated heterocycles. The zero-order chi connectivity index (χ0) is 47.2. The molecular weight excluding hydrogens is 852 g/mol. The van der Waals surface area contributed by atoms with E-state index in [9.17, 15) is 55.9 Å². The molecule has 0 aromatic rings. The Bertz CT molecular complexity index is 1790. The van der Waals surface area contributed by atoms with Crippen LogP contribution in [0.5, 0.6) is 0 Å². The number of carbonyl (C=O) groups excluding carboxylic acids is 1. The topological polar surface area (TPSA) is 284 Å². The lowest BCUT2D eigenvalue weighted by Crippen LogP contribution is -2.76. The van der Waals surface area contributed by atoms with E-state index in [2.05, 4.69) is 34.6 Å². The molecule has 0 amide bonds. The van der Waals surface area contributed by atoms with Gasteiger partial charge in [0.15, 0.2) is 18.9 Å². The average Bonchev–Trinajstić information content (AvgIpc) is 3.45. The van der Waals surface area contributed by atoms with Crippen molar-refractivity contribution in [3.63, 3.8) is 0 Å². The van der Waals surface area contributed by atoms with Gasteiger partial charge in [-0.2, -0.15) is 0 Å². The number of aliphatic hydroxyl groups excluding tert-OH is 10. The summed E-state index contributed by atoms with van der Waals surface area (Å²) in [6, 6.07) is 0. The van der Waals surface area contributed by atoms with Crippen molar-refractivity contribution in [2.24, 2.45) is 50.2 Å². The molecule has 372 valence electrons. The summed E-state index contributed by atoms with van der Waals surface area (Å²) in [5.74, 6) is -0.312. The molecule has 9 fully saturated rings. The van der Waals surface area contributed by atoms with Crippen LogP contribution in [0.4, 0.5) is 0 Å². The first-order valence-corrected chi connectivity index (χ1v) is 24.2. The van der Waals surface area contributed by atoms with E-state index >= 15 is 0 Å². The van der Waals surface area contributed by atoms with Gasteiger partial charge in [0.2, 0.25) is 0 Å². The lowest BCUT2D eigenvalue weighted by molar-refractivity contribution is -0.382. The molecule has 5 aliphatic carbocycles. The second-order valence-corrected chi connectivity index (χ2v) is 23.6. The van der Waals surface area contributed by atoms with Crippen molar-refractivity contribution in [1.82, 2.24) is 0 Å². The summed E-state index contributed by atoms with van der Waals surface area (Å²) in [7, 11) is 0. The van der Waals surface area contributed by atoms with Crippen molar-refractivity contribution in [1.29, 1.82) is 0 Å². The number of esters is 1. The van der Waals surface area contributed by atoms with Crippen molar-refractivity contribution >= 4 is 5.97 Å². The van der Waals surface area contributed by atoms with Gasteiger partial charge in [-0.15, -0.1) is 0 Å². The summed E-state index contributed by atoms with van der Waals surface area (Å²) in [4.78, 5) is 14.1. The highest BCUT2D eigenvalue weighted by molar-refractivity contribution is 5.82. The molecule has 25 atom stereocenters. The van der Waals surface area contributed by atoms with Crippen LogP contribution in [0.25, 0.3) is 0 Å². The van der Waals surface area contributed by atoms with Crippen LogP contribution in [0.3, 0.4) is 0 Å². The van der Waals surface area contributed by atoms with Crippen molar-refractivity contribution in [3.8, 4) is 0 Å². The Morgan fingerprint density at radius 2 is 1.32 bits per heavy atom. The van der Waals surface area contributed by atoms with Gasteiger partial charge in [-0.25, -0.2) is 0 Å². The van der Waals surface area contributed by atoms with E-state index in [1.165, 1.54) is 6.92 Å². The van der Waals surface area contributed by atoms with E-state index < -0.39 is 127 Å². The quantitative estimate of drug-likeness (QED) is 0.113. The van der Waals surface area contributed by atoms with Gasteiger partial charge >= 0.3 is 5.97 Å². The van der Waals surface area contributed by atoms with Gasteiger partial charge in [0, 0.05) is 16.7 Å². The Kier molecular flexibility index (Phi) is 12.4. The molecule has 0 unspecified atom stereocenters. The minimum Gasteiger partial charge on any atom is -0.455 e. The van der Waals surface area contributed by atoms with Gasteiger partial charge in [-0.3, -0.25) is 4.79 Å². The summed E-state index contributed by atoms with van der Waals surface area (Å²) in [5.41, 5.74) is -3.64. The van der Waals surface area contributed by atoms with E-state index in [0.29, 0.717) is 19.3 Å². The summed E-state index contributed by atoms with van der Waals surface area (Å²) < 4.78 is 43.3. The van der Waals surface area contributed by atoms with E-state index in [1.807, 2.05) is 6.92 Å². The minimum atomic E-state index is -1.79. The number of aliphatic hydroxyl groups is 10. The molecule has 2 bridgehead atoms. The first-order valence-electron chi connectivity index (χ1n) is 24.2. The number of fused-ring (bicyclic) bond motifs is 4. The molecule has 9 rings (SSSR count). The molecule has 1 spiro atoms. The second kappa shape index (κ2) is 16.5. The van der Waals surface area contributed by atoms with Crippen molar-refractivity contribution in [3.05, 3.63) is 0 Å². The Morgan fingerprint density at radius 1 is 0.662 bits per heavy atom. The maximum Gasteiger partial charge on any atom is 0.313 e. The zero-order valence-corrected chi connectivity index (χ0v) is 38.9. The van der Waals surface area contributed by atoms with Gasteiger partial charge in [0.1, 0.15) is 66.6 Å². The molecule has 5 saturated carbocycles. The standard InChI is InChI=1S/C47H76O18/c1-21-29(51)32(54)34(56)37(60-21)64-36-31(53)23(62-38-35(57)33(55)30(52)22(18-48)61-38)19-59-39(36)63-28-9-10-42(4)24(43(28,5)20-49)8-11-44(6)25(42)16-27(50)47-26-17-41(2,3)12-14-46(26,40(58)65-47)15-13-45(44,47)7/h21-39,48-57H,8-20H2,1-7H3/t21-,22+,23-,24+,25+,26+,27-,28-,29-,30+,31-,32+,33-,34+,35+,36+,37-,38-,39-,42-,43-,44+,45-,46-,47+/m0/s1. The van der Waals surface area contributed by atoms with Crippen LogP contribution in [0.15, 0.2) is 0 Å². The fraction of sp³-hybridized carbons (Fsp3) is 0.979. The summed E-state index contributed by atoms with van der Waals surface area (Å²) in [6.07, 6.45) is -15.9. The molecule has 4 aliphatic heterocycles. The maximum absolute atomic E-state index is 14.1. The van der Waals surface area contributed by atoms with E-state index in [-0.39, 0.29) is 53.2 Å². The van der Waals surface area contributed by atoms with Crippen LogP contribution in [0.1, 0.15) is 113 Å². The van der Waals surface area contributed by atoms with E-state index in [0.717, 1.165) is 44.9 Å². The SMILES string of the molecule is C[C@@H]1O[C@@H](O[C@H]2[C@H](O[C@H]3CC[C@@]4(C)[C@@H](CC[C@]5(C)[C@@H]4C[C@H](O)[C@]46OC(=O)[C@@]7(CCC(C)(C)C[C@H]74)CC[C@]65C)[C@]3(C)CO)OC[C@H](O[C@@H]3O[C@H](CO)[C@@H](O)[C@H](O)[C@H]3O)[C@@H]2O)[C@H](O)[C@H](O)[C@H]1O. The summed E-state index contributed by atoms with van der Waals surface area (Å²) >= 11 is 0. The molecule has 0 aromatic heterocycles. The molecule has 0 aromatic carbocycles. The molecule has 0 radical (unpaired) electrons. The van der Waals surface area contributed by atoms with Crippen molar-refractivity contribution < 1.29 is 89.0 Å².